The summed E-state index contributed by atoms with van der Waals surface area (Å²) in [5, 5.41) is 18.3. The van der Waals surface area contributed by atoms with Gasteiger partial charge in [-0.1, -0.05) is 0 Å². The van der Waals surface area contributed by atoms with Gasteiger partial charge in [0, 0.05) is 30.0 Å². The first-order valence-electron chi connectivity index (χ1n) is 10.1. The summed E-state index contributed by atoms with van der Waals surface area (Å²) >= 11 is 0. The second-order valence-corrected chi connectivity index (χ2v) is 9.08. The van der Waals surface area contributed by atoms with Crippen LogP contribution in [-0.4, -0.2) is 50.9 Å². The number of hydrogen-bond donors (Lipinski definition) is 2. The summed E-state index contributed by atoms with van der Waals surface area (Å²) in [6.07, 6.45) is 0.957. The first kappa shape index (κ1) is 20.1. The number of carbonyl (C=O) groups is 1. The molecule has 4 rings (SSSR count). The molecule has 1 fully saturated rings. The third-order valence-electron chi connectivity index (χ3n) is 5.95. The zero-order valence-electron chi connectivity index (χ0n) is 17.0. The van der Waals surface area contributed by atoms with Crippen molar-refractivity contribution in [3.8, 4) is 0 Å². The second-order valence-electron chi connectivity index (χ2n) is 9.08. The highest BCUT2D eigenvalue weighted by atomic mass is 19.3. The Labute approximate surface area is 168 Å². The van der Waals surface area contributed by atoms with E-state index < -0.39 is 29.6 Å². The summed E-state index contributed by atoms with van der Waals surface area (Å²) < 4.78 is 36.0. The number of piperidine rings is 1. The van der Waals surface area contributed by atoms with Crippen LogP contribution in [0.5, 0.6) is 0 Å². The van der Waals surface area contributed by atoms with E-state index in [0.717, 1.165) is 22.9 Å². The van der Waals surface area contributed by atoms with Crippen molar-refractivity contribution in [1.82, 2.24) is 15.1 Å². The molecule has 1 atom stereocenters. The van der Waals surface area contributed by atoms with Gasteiger partial charge in [0.15, 0.2) is 0 Å². The summed E-state index contributed by atoms with van der Waals surface area (Å²) in [6, 6.07) is 1.95. The summed E-state index contributed by atoms with van der Waals surface area (Å²) in [4.78, 5) is 13.7. The maximum atomic E-state index is 15.3. The molecule has 0 radical (unpaired) electrons. The van der Waals surface area contributed by atoms with Gasteiger partial charge in [-0.15, -0.1) is 0 Å². The molecule has 1 amide bonds. The number of aliphatic hydroxyl groups is 1. The normalized spacial score (nSPS) is 19.0. The van der Waals surface area contributed by atoms with Crippen molar-refractivity contribution in [3.05, 3.63) is 29.0 Å². The molecule has 1 saturated heterocycles. The lowest BCUT2D eigenvalue weighted by molar-refractivity contribution is -0.160. The minimum Gasteiger partial charge on any atom is -0.444 e. The SMILES string of the molecule is CC(C)(C)OC(=O)N1CCC(C(F)(F)C(O)c2c3c(cc4cn[nH]c24)CC3)CC1. The van der Waals surface area contributed by atoms with Crippen LogP contribution in [0.1, 0.15) is 56.4 Å². The van der Waals surface area contributed by atoms with Crippen LogP contribution < -0.4 is 0 Å². The molecule has 8 heteroatoms. The Balaban J connectivity index is 1.51. The predicted octanol–water partition coefficient (Wildman–Crippen LogP) is 3.98. The second kappa shape index (κ2) is 6.93. The smallest absolute Gasteiger partial charge is 0.410 e. The lowest BCUT2D eigenvalue weighted by Gasteiger charge is -2.39. The molecule has 0 saturated carbocycles. The number of aromatic nitrogens is 2. The standard InChI is InChI=1S/C21H27F2N3O3/c1-20(2,3)29-19(28)26-8-6-14(7-9-26)21(22,23)18(27)16-15-5-4-12(15)10-13-11-24-25-17(13)16/h10-11,14,18,27H,4-9H2,1-3H3,(H,24,25). The van der Waals surface area contributed by atoms with E-state index >= 15 is 8.78 Å². The monoisotopic (exact) mass is 407 g/mol. The molecule has 1 aliphatic heterocycles. The van der Waals surface area contributed by atoms with Crippen LogP contribution in [0.2, 0.25) is 0 Å². The fraction of sp³-hybridized carbons (Fsp3) is 0.619. The molecule has 1 aromatic carbocycles. The number of aryl methyl sites for hydroxylation is 1. The Morgan fingerprint density at radius 1 is 1.31 bits per heavy atom. The molecule has 6 nitrogen and oxygen atoms in total. The summed E-state index contributed by atoms with van der Waals surface area (Å²) in [6.45, 7) is 5.69. The largest absolute Gasteiger partial charge is 0.444 e. The molecule has 1 aromatic heterocycles. The molecule has 1 unspecified atom stereocenters. The van der Waals surface area contributed by atoms with E-state index in [2.05, 4.69) is 10.2 Å². The zero-order chi connectivity index (χ0) is 21.0. The highest BCUT2D eigenvalue weighted by Gasteiger charge is 2.50. The van der Waals surface area contributed by atoms with Gasteiger partial charge in [-0.05, 0) is 63.6 Å². The number of alkyl halides is 2. The van der Waals surface area contributed by atoms with Gasteiger partial charge >= 0.3 is 6.09 Å². The maximum absolute atomic E-state index is 15.3. The minimum absolute atomic E-state index is 0.116. The van der Waals surface area contributed by atoms with Gasteiger partial charge in [-0.3, -0.25) is 5.10 Å². The highest BCUT2D eigenvalue weighted by molar-refractivity contribution is 5.85. The predicted molar refractivity (Wildman–Crippen MR) is 104 cm³/mol. The van der Waals surface area contributed by atoms with Crippen LogP contribution >= 0.6 is 0 Å². The van der Waals surface area contributed by atoms with Crippen molar-refractivity contribution in [2.45, 2.75) is 64.1 Å². The molecule has 2 aromatic rings. The number of nitrogens with zero attached hydrogens (tertiary/aromatic N) is 2. The van der Waals surface area contributed by atoms with Crippen molar-refractivity contribution in [1.29, 1.82) is 0 Å². The van der Waals surface area contributed by atoms with Gasteiger partial charge in [0.2, 0.25) is 0 Å². The van der Waals surface area contributed by atoms with Gasteiger partial charge in [-0.25, -0.2) is 13.6 Å². The maximum Gasteiger partial charge on any atom is 0.410 e. The van der Waals surface area contributed by atoms with Crippen LogP contribution in [0.25, 0.3) is 10.9 Å². The lowest BCUT2D eigenvalue weighted by atomic mass is 9.78. The van der Waals surface area contributed by atoms with E-state index in [0.29, 0.717) is 11.9 Å². The Morgan fingerprint density at radius 3 is 2.59 bits per heavy atom. The third-order valence-corrected chi connectivity index (χ3v) is 5.95. The van der Waals surface area contributed by atoms with Crippen LogP contribution in [0.4, 0.5) is 13.6 Å². The molecule has 2 heterocycles. The number of carbonyl (C=O) groups excluding carboxylic acids is 1. The van der Waals surface area contributed by atoms with Gasteiger partial charge in [0.25, 0.3) is 5.92 Å². The first-order valence-corrected chi connectivity index (χ1v) is 10.1. The molecule has 1 aliphatic carbocycles. The quantitative estimate of drug-likeness (QED) is 0.807. The molecule has 0 bridgehead atoms. The molecule has 2 N–H and O–H groups in total. The average molecular weight is 407 g/mol. The molecular formula is C21H27F2N3O3. The molecule has 2 aliphatic rings. The van der Waals surface area contributed by atoms with Gasteiger partial charge in [0.05, 0.1) is 11.7 Å². The molecule has 29 heavy (non-hydrogen) atoms. The van der Waals surface area contributed by atoms with Gasteiger partial charge in [-0.2, -0.15) is 5.10 Å². The lowest BCUT2D eigenvalue weighted by Crippen LogP contribution is -2.47. The van der Waals surface area contributed by atoms with E-state index in [1.165, 1.54) is 4.90 Å². The topological polar surface area (TPSA) is 78.4 Å². The minimum atomic E-state index is -3.30. The number of amides is 1. The van der Waals surface area contributed by atoms with Crippen LogP contribution in [0.15, 0.2) is 12.3 Å². The van der Waals surface area contributed by atoms with Gasteiger partial charge in [0.1, 0.15) is 11.7 Å². The Kier molecular flexibility index (Phi) is 4.80. The first-order chi connectivity index (χ1) is 13.6. The molecular weight excluding hydrogens is 380 g/mol. The summed E-state index contributed by atoms with van der Waals surface area (Å²) in [5.74, 6) is -4.31. The number of nitrogens with one attached hydrogen (secondary N) is 1. The number of rotatable bonds is 3. The highest BCUT2D eigenvalue weighted by Crippen LogP contribution is 2.47. The van der Waals surface area contributed by atoms with Crippen molar-refractivity contribution < 1.29 is 23.4 Å². The van der Waals surface area contributed by atoms with Crippen molar-refractivity contribution >= 4 is 17.0 Å². The van der Waals surface area contributed by atoms with Crippen molar-refractivity contribution in [2.24, 2.45) is 5.92 Å². The number of halogens is 2. The number of H-pyrrole nitrogens is 1. The van der Waals surface area contributed by atoms with E-state index in [1.807, 2.05) is 6.07 Å². The van der Waals surface area contributed by atoms with Crippen LogP contribution in [0.3, 0.4) is 0 Å². The summed E-state index contributed by atoms with van der Waals surface area (Å²) in [5.41, 5.74) is 1.95. The number of aromatic amines is 1. The Bertz CT molecular complexity index is 927. The van der Waals surface area contributed by atoms with Crippen molar-refractivity contribution in [3.63, 3.8) is 0 Å². The van der Waals surface area contributed by atoms with E-state index in [1.54, 1.807) is 27.0 Å². The number of aliphatic hydroxyl groups excluding tert-OH is 1. The van der Waals surface area contributed by atoms with Gasteiger partial charge < -0.3 is 14.7 Å². The summed E-state index contributed by atoms with van der Waals surface area (Å²) in [7, 11) is 0. The van der Waals surface area contributed by atoms with Crippen LogP contribution in [-0.2, 0) is 17.6 Å². The van der Waals surface area contributed by atoms with E-state index in [9.17, 15) is 9.90 Å². The number of likely N-dealkylation sites (tertiary alicyclic amines) is 1. The number of benzene rings is 1. The van der Waals surface area contributed by atoms with E-state index in [4.69, 9.17) is 4.74 Å². The molecule has 0 spiro atoms. The zero-order valence-corrected chi connectivity index (χ0v) is 17.0. The fourth-order valence-electron chi connectivity index (χ4n) is 4.31. The van der Waals surface area contributed by atoms with Crippen LogP contribution in [0, 0.1) is 5.92 Å². The number of ether oxygens (including phenoxy) is 1. The number of hydrogen-bond acceptors (Lipinski definition) is 4. The third kappa shape index (κ3) is 3.58. The average Bonchev–Trinajstić information content (AvgIpc) is 3.09. The fourth-order valence-corrected chi connectivity index (χ4v) is 4.31. The van der Waals surface area contributed by atoms with Crippen molar-refractivity contribution in [2.75, 3.05) is 13.1 Å². The van der Waals surface area contributed by atoms with E-state index in [-0.39, 0.29) is 31.5 Å². The molecule has 158 valence electrons. The Hall–Kier alpha value is -2.22. The Morgan fingerprint density at radius 2 is 2.00 bits per heavy atom. The number of fused-ring (bicyclic) bond motifs is 2.